The topological polar surface area (TPSA) is 37.4 Å². The van der Waals surface area contributed by atoms with Crippen LogP contribution in [0.5, 0.6) is 0 Å². The molecular weight excluding hydrogens is 250 g/mol. The van der Waals surface area contributed by atoms with Crippen LogP contribution in [0.3, 0.4) is 0 Å². The first-order valence-corrected chi connectivity index (χ1v) is 7.90. The quantitative estimate of drug-likeness (QED) is 0.893. The second-order valence-electron chi connectivity index (χ2n) is 6.42. The molecule has 2 saturated heterocycles. The van der Waals surface area contributed by atoms with E-state index in [1.807, 2.05) is 6.20 Å². The largest absolute Gasteiger partial charge is 0.371 e. The summed E-state index contributed by atoms with van der Waals surface area (Å²) in [5, 5.41) is 3.43. The van der Waals surface area contributed by atoms with E-state index >= 15 is 0 Å². The van der Waals surface area contributed by atoms with Crippen LogP contribution in [-0.2, 0) is 4.74 Å². The van der Waals surface area contributed by atoms with Crippen LogP contribution in [0.4, 0.5) is 5.82 Å². The lowest BCUT2D eigenvalue weighted by molar-refractivity contribution is -0.0740. The van der Waals surface area contributed by atoms with Crippen molar-refractivity contribution in [3.05, 3.63) is 23.9 Å². The Morgan fingerprint density at radius 3 is 2.95 bits per heavy atom. The number of rotatable bonds is 2. The molecule has 0 unspecified atom stereocenters. The molecule has 1 saturated carbocycles. The van der Waals surface area contributed by atoms with Crippen molar-refractivity contribution in [1.82, 2.24) is 10.3 Å². The van der Waals surface area contributed by atoms with Gasteiger partial charge in [-0.3, -0.25) is 0 Å². The van der Waals surface area contributed by atoms with Gasteiger partial charge in [0, 0.05) is 19.3 Å². The molecule has 1 aromatic heterocycles. The zero-order valence-electron chi connectivity index (χ0n) is 12.0. The van der Waals surface area contributed by atoms with Gasteiger partial charge in [-0.05, 0) is 62.4 Å². The lowest BCUT2D eigenvalue weighted by atomic mass is 9.90. The van der Waals surface area contributed by atoms with Gasteiger partial charge in [0.25, 0.3) is 0 Å². The Hall–Kier alpha value is -1.13. The van der Waals surface area contributed by atoms with E-state index < -0.39 is 0 Å². The maximum atomic E-state index is 6.14. The van der Waals surface area contributed by atoms with Crippen LogP contribution in [0.2, 0.25) is 0 Å². The minimum absolute atomic E-state index is 0.0563. The van der Waals surface area contributed by atoms with Crippen LogP contribution in [-0.4, -0.2) is 43.4 Å². The molecule has 0 bridgehead atoms. The summed E-state index contributed by atoms with van der Waals surface area (Å²) < 4.78 is 6.14. The Kier molecular flexibility index (Phi) is 3.15. The highest BCUT2D eigenvalue weighted by atomic mass is 16.5. The fourth-order valence-corrected chi connectivity index (χ4v) is 3.50. The number of pyridine rings is 1. The fraction of sp³-hybridized carbons (Fsp3) is 0.688. The van der Waals surface area contributed by atoms with Gasteiger partial charge in [-0.2, -0.15) is 0 Å². The van der Waals surface area contributed by atoms with E-state index in [1.54, 1.807) is 0 Å². The van der Waals surface area contributed by atoms with E-state index in [0.29, 0.717) is 0 Å². The molecule has 0 aromatic carbocycles. The average molecular weight is 273 g/mol. The molecule has 0 atom stereocenters. The van der Waals surface area contributed by atoms with E-state index in [1.165, 1.54) is 18.4 Å². The summed E-state index contributed by atoms with van der Waals surface area (Å²) in [4.78, 5) is 7.04. The van der Waals surface area contributed by atoms with Crippen LogP contribution in [0, 0.1) is 0 Å². The SMILES string of the molecule is c1cc(C2CC2)cc(N2CCOC3(CCNCC3)C2)n1. The maximum absolute atomic E-state index is 6.14. The van der Waals surface area contributed by atoms with Crippen molar-refractivity contribution in [1.29, 1.82) is 0 Å². The van der Waals surface area contributed by atoms with Gasteiger partial charge < -0.3 is 15.0 Å². The number of anilines is 1. The first kappa shape index (κ1) is 12.6. The van der Waals surface area contributed by atoms with Crippen LogP contribution < -0.4 is 10.2 Å². The van der Waals surface area contributed by atoms with Crippen molar-refractivity contribution < 1.29 is 4.74 Å². The summed E-state index contributed by atoms with van der Waals surface area (Å²) >= 11 is 0. The minimum atomic E-state index is 0.0563. The fourth-order valence-electron chi connectivity index (χ4n) is 3.50. The van der Waals surface area contributed by atoms with Gasteiger partial charge in [0.1, 0.15) is 5.82 Å². The molecular formula is C16H23N3O. The highest BCUT2D eigenvalue weighted by molar-refractivity contribution is 5.44. The van der Waals surface area contributed by atoms with Crippen molar-refractivity contribution in [3.8, 4) is 0 Å². The Bertz CT molecular complexity index is 475. The number of hydrogen-bond donors (Lipinski definition) is 1. The molecule has 108 valence electrons. The van der Waals surface area contributed by atoms with E-state index in [9.17, 15) is 0 Å². The number of ether oxygens (including phenoxy) is 1. The third-order valence-corrected chi connectivity index (χ3v) is 4.91. The van der Waals surface area contributed by atoms with Crippen LogP contribution in [0.15, 0.2) is 18.3 Å². The Balaban J connectivity index is 1.53. The normalized spacial score (nSPS) is 25.9. The smallest absolute Gasteiger partial charge is 0.128 e. The van der Waals surface area contributed by atoms with Crippen LogP contribution >= 0.6 is 0 Å². The predicted molar refractivity (Wildman–Crippen MR) is 79.2 cm³/mol. The van der Waals surface area contributed by atoms with E-state index in [0.717, 1.165) is 57.4 Å². The van der Waals surface area contributed by atoms with Gasteiger partial charge in [-0.1, -0.05) is 0 Å². The average Bonchev–Trinajstić information content (AvgIpc) is 3.33. The highest BCUT2D eigenvalue weighted by Crippen LogP contribution is 2.41. The third kappa shape index (κ3) is 2.42. The van der Waals surface area contributed by atoms with Gasteiger partial charge in [-0.25, -0.2) is 4.98 Å². The summed E-state index contributed by atoms with van der Waals surface area (Å²) in [5.41, 5.74) is 1.53. The summed E-state index contributed by atoms with van der Waals surface area (Å²) in [6, 6.07) is 4.49. The predicted octanol–water partition coefficient (Wildman–Crippen LogP) is 1.92. The summed E-state index contributed by atoms with van der Waals surface area (Å²) in [6.07, 6.45) is 6.91. The Morgan fingerprint density at radius 1 is 1.30 bits per heavy atom. The lowest BCUT2D eigenvalue weighted by Crippen LogP contribution is -2.56. The molecule has 20 heavy (non-hydrogen) atoms. The monoisotopic (exact) mass is 273 g/mol. The van der Waals surface area contributed by atoms with Crippen LogP contribution in [0.1, 0.15) is 37.2 Å². The van der Waals surface area contributed by atoms with Crippen molar-refractivity contribution in [2.24, 2.45) is 0 Å². The molecule has 4 heteroatoms. The van der Waals surface area contributed by atoms with Crippen molar-refractivity contribution in [2.75, 3.05) is 37.7 Å². The first-order chi connectivity index (χ1) is 9.85. The molecule has 3 aliphatic rings. The number of morpholine rings is 1. The zero-order valence-corrected chi connectivity index (χ0v) is 12.0. The number of nitrogens with one attached hydrogen (secondary N) is 1. The van der Waals surface area contributed by atoms with Gasteiger partial charge >= 0.3 is 0 Å². The Labute approximate surface area is 120 Å². The maximum Gasteiger partial charge on any atom is 0.128 e. The van der Waals surface area contributed by atoms with Crippen molar-refractivity contribution >= 4 is 5.82 Å². The summed E-state index contributed by atoms with van der Waals surface area (Å²) in [6.45, 7) is 4.94. The molecule has 2 aliphatic heterocycles. The van der Waals surface area contributed by atoms with Crippen molar-refractivity contribution in [3.63, 3.8) is 0 Å². The highest BCUT2D eigenvalue weighted by Gasteiger charge is 2.38. The molecule has 0 radical (unpaired) electrons. The second-order valence-corrected chi connectivity index (χ2v) is 6.42. The molecule has 3 fully saturated rings. The molecule has 1 aliphatic carbocycles. The van der Waals surface area contributed by atoms with Gasteiger partial charge in [0.2, 0.25) is 0 Å². The number of piperidine rings is 1. The zero-order chi connectivity index (χ0) is 13.4. The van der Waals surface area contributed by atoms with Gasteiger partial charge in [0.05, 0.1) is 12.2 Å². The molecule has 4 nitrogen and oxygen atoms in total. The summed E-state index contributed by atoms with van der Waals surface area (Å²) in [7, 11) is 0. The van der Waals surface area contributed by atoms with Gasteiger partial charge in [0.15, 0.2) is 0 Å². The van der Waals surface area contributed by atoms with E-state index in [-0.39, 0.29) is 5.60 Å². The Morgan fingerprint density at radius 2 is 2.15 bits per heavy atom. The molecule has 4 rings (SSSR count). The third-order valence-electron chi connectivity index (χ3n) is 4.91. The molecule has 0 amide bonds. The second kappa shape index (κ2) is 5.01. The molecule has 1 aromatic rings. The summed E-state index contributed by atoms with van der Waals surface area (Å²) in [5.74, 6) is 1.95. The van der Waals surface area contributed by atoms with Crippen molar-refractivity contribution in [2.45, 2.75) is 37.2 Å². The lowest BCUT2D eigenvalue weighted by Gasteiger charge is -2.45. The van der Waals surface area contributed by atoms with E-state index in [4.69, 9.17) is 4.74 Å². The number of nitrogens with zero attached hydrogens (tertiary/aromatic N) is 2. The van der Waals surface area contributed by atoms with Gasteiger partial charge in [-0.15, -0.1) is 0 Å². The standard InChI is InChI=1S/C16H23N3O/c1-2-13(1)14-3-6-18-15(11-14)19-9-10-20-16(12-19)4-7-17-8-5-16/h3,6,11,13,17H,1-2,4-5,7-10,12H2. The molecule has 3 heterocycles. The number of aromatic nitrogens is 1. The molecule has 1 spiro atoms. The minimum Gasteiger partial charge on any atom is -0.371 e. The molecule has 1 N–H and O–H groups in total. The van der Waals surface area contributed by atoms with Crippen LogP contribution in [0.25, 0.3) is 0 Å². The number of hydrogen-bond acceptors (Lipinski definition) is 4. The first-order valence-electron chi connectivity index (χ1n) is 7.90. The van der Waals surface area contributed by atoms with E-state index in [2.05, 4.69) is 27.3 Å².